The molecule has 2 amide bonds. The predicted octanol–water partition coefficient (Wildman–Crippen LogP) is 0.682. The molecule has 1 saturated heterocycles. The van der Waals surface area contributed by atoms with E-state index >= 15 is 0 Å². The van der Waals surface area contributed by atoms with E-state index in [0.29, 0.717) is 38.2 Å². The van der Waals surface area contributed by atoms with Gasteiger partial charge < -0.3 is 15.0 Å². The Morgan fingerprint density at radius 3 is 2.80 bits per heavy atom. The summed E-state index contributed by atoms with van der Waals surface area (Å²) in [7, 11) is 0. The number of rotatable bonds is 3. The van der Waals surface area contributed by atoms with Gasteiger partial charge in [-0.1, -0.05) is 0 Å². The molecule has 134 valence electrons. The van der Waals surface area contributed by atoms with Crippen molar-refractivity contribution in [1.29, 1.82) is 0 Å². The number of likely N-dealkylation sites (tertiary alicyclic amines) is 1. The second kappa shape index (κ2) is 6.96. The first-order valence-electron chi connectivity index (χ1n) is 8.29. The number of fused-ring (bicyclic) bond motifs is 1. The first kappa shape index (κ1) is 17.0. The molecule has 9 heteroatoms. The number of amides is 2. The third kappa shape index (κ3) is 3.49. The molecule has 0 spiro atoms. The molecule has 3 heterocycles. The van der Waals surface area contributed by atoms with Crippen molar-refractivity contribution in [3.63, 3.8) is 0 Å². The van der Waals surface area contributed by atoms with Crippen LogP contribution in [0.4, 0.5) is 4.79 Å². The third-order valence-electron chi connectivity index (χ3n) is 4.22. The summed E-state index contributed by atoms with van der Waals surface area (Å²) in [5.74, 6) is -0.450. The largest absolute Gasteiger partial charge is 0.450 e. The number of hydrogen-bond acceptors (Lipinski definition) is 5. The molecule has 0 aromatic carbocycles. The van der Waals surface area contributed by atoms with Gasteiger partial charge in [0.15, 0.2) is 5.65 Å². The van der Waals surface area contributed by atoms with Crippen LogP contribution in [0.3, 0.4) is 0 Å². The molecule has 0 bridgehead atoms. The van der Waals surface area contributed by atoms with Crippen LogP contribution in [0.1, 0.15) is 35.8 Å². The van der Waals surface area contributed by atoms with E-state index in [4.69, 9.17) is 4.74 Å². The van der Waals surface area contributed by atoms with Crippen LogP contribution in [0.2, 0.25) is 0 Å². The summed E-state index contributed by atoms with van der Waals surface area (Å²) in [6.07, 6.45) is 2.20. The molecule has 1 fully saturated rings. The zero-order valence-electron chi connectivity index (χ0n) is 14.2. The quantitative estimate of drug-likeness (QED) is 0.849. The monoisotopic (exact) mass is 347 g/mol. The van der Waals surface area contributed by atoms with Gasteiger partial charge in [0.25, 0.3) is 11.5 Å². The fourth-order valence-electron chi connectivity index (χ4n) is 2.92. The van der Waals surface area contributed by atoms with Crippen LogP contribution >= 0.6 is 0 Å². The topological polar surface area (TPSA) is 109 Å². The zero-order chi connectivity index (χ0) is 18.0. The molecule has 3 rings (SSSR count). The maximum absolute atomic E-state index is 12.4. The van der Waals surface area contributed by atoms with E-state index in [1.807, 2.05) is 6.92 Å². The molecule has 0 saturated carbocycles. The lowest BCUT2D eigenvalue weighted by Gasteiger charge is -2.31. The van der Waals surface area contributed by atoms with Gasteiger partial charge in [0.1, 0.15) is 5.56 Å². The van der Waals surface area contributed by atoms with E-state index in [1.54, 1.807) is 17.9 Å². The summed E-state index contributed by atoms with van der Waals surface area (Å²) >= 11 is 0. The van der Waals surface area contributed by atoms with Crippen LogP contribution in [0, 0.1) is 6.92 Å². The summed E-state index contributed by atoms with van der Waals surface area (Å²) in [6, 6.07) is 1.64. The van der Waals surface area contributed by atoms with Crippen LogP contribution < -0.4 is 10.9 Å². The number of carbonyl (C=O) groups is 2. The van der Waals surface area contributed by atoms with Crippen molar-refractivity contribution in [3.05, 3.63) is 33.9 Å². The maximum atomic E-state index is 12.4. The number of piperidine rings is 1. The lowest BCUT2D eigenvalue weighted by Crippen LogP contribution is -2.47. The number of aryl methyl sites for hydroxylation is 1. The van der Waals surface area contributed by atoms with Crippen molar-refractivity contribution >= 4 is 17.6 Å². The number of hydrogen-bond donors (Lipinski definition) is 2. The summed E-state index contributed by atoms with van der Waals surface area (Å²) in [5, 5.41) is 5.71. The van der Waals surface area contributed by atoms with Crippen LogP contribution in [-0.4, -0.2) is 57.2 Å². The molecule has 1 aliphatic rings. The van der Waals surface area contributed by atoms with Crippen molar-refractivity contribution in [2.45, 2.75) is 32.7 Å². The highest BCUT2D eigenvalue weighted by atomic mass is 16.6. The second-order valence-electron chi connectivity index (χ2n) is 6.04. The zero-order valence-corrected chi connectivity index (χ0v) is 14.2. The minimum atomic E-state index is -0.450. The van der Waals surface area contributed by atoms with Crippen molar-refractivity contribution in [2.24, 2.45) is 0 Å². The lowest BCUT2D eigenvalue weighted by atomic mass is 10.1. The number of aromatic nitrogens is 3. The molecule has 0 unspecified atom stereocenters. The molecule has 25 heavy (non-hydrogen) atoms. The number of nitrogens with one attached hydrogen (secondary N) is 2. The Hall–Kier alpha value is -2.84. The van der Waals surface area contributed by atoms with Gasteiger partial charge in [0.05, 0.1) is 6.61 Å². The molecule has 9 nitrogen and oxygen atoms in total. The Balaban J connectivity index is 1.65. The molecule has 2 aromatic heterocycles. The summed E-state index contributed by atoms with van der Waals surface area (Å²) in [4.78, 5) is 42.3. The SMILES string of the molecule is CCOC(=O)N1CCC(NC(=O)c2cnc3cc(C)[nH]n3c2=O)CC1. The van der Waals surface area contributed by atoms with Crippen molar-refractivity contribution in [3.8, 4) is 0 Å². The smallest absolute Gasteiger partial charge is 0.409 e. The van der Waals surface area contributed by atoms with E-state index < -0.39 is 11.5 Å². The summed E-state index contributed by atoms with van der Waals surface area (Å²) in [5.41, 5.74) is 0.821. The minimum Gasteiger partial charge on any atom is -0.450 e. The molecular formula is C16H21N5O4. The Labute approximate surface area is 144 Å². The standard InChI is InChI=1S/C16H21N5O4/c1-3-25-16(24)20-6-4-11(5-7-20)18-14(22)12-9-17-13-8-10(2)19-21(13)15(12)23/h8-9,11,19H,3-7H2,1-2H3,(H,18,22). The van der Waals surface area contributed by atoms with Crippen molar-refractivity contribution in [1.82, 2.24) is 24.8 Å². The minimum absolute atomic E-state index is 0.00725. The second-order valence-corrected chi connectivity index (χ2v) is 6.04. The number of aromatic amines is 1. The highest BCUT2D eigenvalue weighted by Crippen LogP contribution is 2.12. The average molecular weight is 347 g/mol. The molecule has 0 aliphatic carbocycles. The Kier molecular flexibility index (Phi) is 4.73. The number of nitrogens with zero attached hydrogens (tertiary/aromatic N) is 3. The summed E-state index contributed by atoms with van der Waals surface area (Å²) < 4.78 is 6.23. The van der Waals surface area contributed by atoms with Gasteiger partial charge in [-0.3, -0.25) is 14.7 Å². The Morgan fingerprint density at radius 2 is 2.12 bits per heavy atom. The maximum Gasteiger partial charge on any atom is 0.409 e. The van der Waals surface area contributed by atoms with E-state index in [0.717, 1.165) is 5.69 Å². The van der Waals surface area contributed by atoms with E-state index in [1.165, 1.54) is 10.7 Å². The molecule has 2 N–H and O–H groups in total. The lowest BCUT2D eigenvalue weighted by molar-refractivity contribution is 0.0858. The van der Waals surface area contributed by atoms with Gasteiger partial charge in [0, 0.05) is 37.1 Å². The molecule has 2 aromatic rings. The van der Waals surface area contributed by atoms with Crippen LogP contribution in [0.5, 0.6) is 0 Å². The van der Waals surface area contributed by atoms with Gasteiger partial charge >= 0.3 is 6.09 Å². The Bertz CT molecular complexity index is 848. The fourth-order valence-corrected chi connectivity index (χ4v) is 2.92. The van der Waals surface area contributed by atoms with Gasteiger partial charge in [-0.2, -0.15) is 0 Å². The molecule has 1 aliphatic heterocycles. The van der Waals surface area contributed by atoms with Crippen molar-refractivity contribution in [2.75, 3.05) is 19.7 Å². The molecular weight excluding hydrogens is 326 g/mol. The van der Waals surface area contributed by atoms with Gasteiger partial charge in [-0.25, -0.2) is 14.3 Å². The van der Waals surface area contributed by atoms with Crippen LogP contribution in [0.25, 0.3) is 5.65 Å². The summed E-state index contributed by atoms with van der Waals surface area (Å²) in [6.45, 7) is 4.93. The van der Waals surface area contributed by atoms with Gasteiger partial charge in [0.2, 0.25) is 0 Å². The normalized spacial score (nSPS) is 15.4. The number of carbonyl (C=O) groups excluding carboxylic acids is 2. The van der Waals surface area contributed by atoms with Crippen molar-refractivity contribution < 1.29 is 14.3 Å². The molecule has 0 radical (unpaired) electrons. The highest BCUT2D eigenvalue weighted by molar-refractivity contribution is 5.93. The number of H-pyrrole nitrogens is 1. The predicted molar refractivity (Wildman–Crippen MR) is 89.6 cm³/mol. The third-order valence-corrected chi connectivity index (χ3v) is 4.22. The van der Waals surface area contributed by atoms with Gasteiger partial charge in [-0.05, 0) is 26.7 Å². The average Bonchev–Trinajstić information content (AvgIpc) is 2.97. The first-order valence-corrected chi connectivity index (χ1v) is 8.29. The highest BCUT2D eigenvalue weighted by Gasteiger charge is 2.25. The van der Waals surface area contributed by atoms with E-state index in [-0.39, 0.29) is 17.7 Å². The van der Waals surface area contributed by atoms with Crippen LogP contribution in [-0.2, 0) is 4.74 Å². The Morgan fingerprint density at radius 1 is 1.40 bits per heavy atom. The van der Waals surface area contributed by atoms with E-state index in [9.17, 15) is 14.4 Å². The van der Waals surface area contributed by atoms with Gasteiger partial charge in [-0.15, -0.1) is 0 Å². The van der Waals surface area contributed by atoms with E-state index in [2.05, 4.69) is 15.4 Å². The first-order chi connectivity index (χ1) is 12.0. The molecule has 0 atom stereocenters. The number of ether oxygens (including phenoxy) is 1. The van der Waals surface area contributed by atoms with Crippen LogP contribution in [0.15, 0.2) is 17.1 Å². The fraction of sp³-hybridized carbons (Fsp3) is 0.500.